The highest BCUT2D eigenvalue weighted by Crippen LogP contribution is 2.32. The third-order valence-electron chi connectivity index (χ3n) is 5.20. The van der Waals surface area contributed by atoms with Gasteiger partial charge in [0.2, 0.25) is 5.91 Å². The summed E-state index contributed by atoms with van der Waals surface area (Å²) in [5.74, 6) is 0.771. The van der Waals surface area contributed by atoms with E-state index in [-0.39, 0.29) is 18.4 Å². The van der Waals surface area contributed by atoms with Crippen LogP contribution >= 0.6 is 0 Å². The van der Waals surface area contributed by atoms with Crippen LogP contribution in [0.3, 0.4) is 0 Å². The number of hydrogen-bond donors (Lipinski definition) is 2. The number of carbonyl (C=O) groups is 2. The van der Waals surface area contributed by atoms with Gasteiger partial charge in [-0.1, -0.05) is 6.07 Å². The highest BCUT2D eigenvalue weighted by atomic mass is 16.5. The zero-order chi connectivity index (χ0) is 18.4. The molecule has 142 valence electrons. The summed E-state index contributed by atoms with van der Waals surface area (Å²) in [5.41, 5.74) is 1.90. The van der Waals surface area contributed by atoms with E-state index in [4.69, 9.17) is 4.74 Å². The van der Waals surface area contributed by atoms with Crippen molar-refractivity contribution in [3.8, 4) is 5.75 Å². The minimum atomic E-state index is -0.0443. The van der Waals surface area contributed by atoms with Gasteiger partial charge in [0.25, 0.3) is 5.91 Å². The maximum absolute atomic E-state index is 12.2. The number of amides is 2. The number of rotatable bonds is 7. The standard InChI is InChI=1S/C20H29N3O3/c1-16-7-8-18-17(14-16)23(20(25)15-26-18)12-5-6-19(24)21-9-13-22-10-3-2-4-11-22/h7-8,14H,2-6,9-13,15H2,1H3,(H,21,24)/p+1. The molecule has 0 aliphatic carbocycles. The minimum absolute atomic E-state index is 0.0443. The number of benzene rings is 1. The van der Waals surface area contributed by atoms with Crippen molar-refractivity contribution < 1.29 is 19.2 Å². The SMILES string of the molecule is Cc1ccc2c(c1)N(CCCC(=O)NCC[NH+]1CCCCC1)C(=O)CO2. The molecule has 1 aromatic rings. The Balaban J connectivity index is 1.41. The van der Waals surface area contributed by atoms with Crippen LogP contribution in [0.1, 0.15) is 37.7 Å². The predicted octanol–water partition coefficient (Wildman–Crippen LogP) is 0.686. The van der Waals surface area contributed by atoms with Gasteiger partial charge in [0.15, 0.2) is 6.61 Å². The van der Waals surface area contributed by atoms with Crippen molar-refractivity contribution in [1.29, 1.82) is 0 Å². The Hall–Kier alpha value is -2.08. The maximum atomic E-state index is 12.2. The highest BCUT2D eigenvalue weighted by molar-refractivity contribution is 5.97. The third kappa shape index (κ3) is 4.97. The molecule has 2 heterocycles. The summed E-state index contributed by atoms with van der Waals surface area (Å²) in [5, 5.41) is 3.02. The lowest BCUT2D eigenvalue weighted by Crippen LogP contribution is -3.13. The predicted molar refractivity (Wildman–Crippen MR) is 101 cm³/mol. The Labute approximate surface area is 155 Å². The van der Waals surface area contributed by atoms with Crippen LogP contribution in [0.2, 0.25) is 0 Å². The number of anilines is 1. The molecule has 2 aliphatic heterocycles. The first-order chi connectivity index (χ1) is 12.6. The molecule has 0 saturated carbocycles. The molecular formula is C20H30N3O3+. The van der Waals surface area contributed by atoms with Gasteiger partial charge in [-0.15, -0.1) is 0 Å². The molecule has 1 aromatic carbocycles. The van der Waals surface area contributed by atoms with Gasteiger partial charge >= 0.3 is 0 Å². The van der Waals surface area contributed by atoms with Crippen molar-refractivity contribution in [2.24, 2.45) is 0 Å². The summed E-state index contributed by atoms with van der Waals surface area (Å²) in [4.78, 5) is 27.6. The number of likely N-dealkylation sites (tertiary alicyclic amines) is 1. The Morgan fingerprint density at radius 1 is 1.27 bits per heavy atom. The number of fused-ring (bicyclic) bond motifs is 1. The summed E-state index contributed by atoms with van der Waals surface area (Å²) in [6, 6.07) is 5.85. The number of hydrogen-bond acceptors (Lipinski definition) is 3. The smallest absolute Gasteiger partial charge is 0.265 e. The molecule has 0 aromatic heterocycles. The van der Waals surface area contributed by atoms with Crippen LogP contribution in [-0.2, 0) is 9.59 Å². The number of nitrogens with one attached hydrogen (secondary N) is 2. The molecule has 1 fully saturated rings. The number of aryl methyl sites for hydroxylation is 1. The van der Waals surface area contributed by atoms with E-state index < -0.39 is 0 Å². The molecule has 1 saturated heterocycles. The van der Waals surface area contributed by atoms with Crippen molar-refractivity contribution in [3.63, 3.8) is 0 Å². The first-order valence-corrected chi connectivity index (χ1v) is 9.77. The van der Waals surface area contributed by atoms with E-state index in [0.717, 1.165) is 30.1 Å². The van der Waals surface area contributed by atoms with Crippen molar-refractivity contribution >= 4 is 17.5 Å². The molecule has 6 heteroatoms. The third-order valence-corrected chi connectivity index (χ3v) is 5.20. The fraction of sp³-hybridized carbons (Fsp3) is 0.600. The second-order valence-corrected chi connectivity index (χ2v) is 7.32. The van der Waals surface area contributed by atoms with Gasteiger partial charge in [-0.2, -0.15) is 0 Å². The largest absolute Gasteiger partial charge is 0.482 e. The molecule has 0 spiro atoms. The molecule has 0 atom stereocenters. The topological polar surface area (TPSA) is 63.1 Å². The normalized spacial score (nSPS) is 17.6. The molecule has 2 amide bonds. The number of ether oxygens (including phenoxy) is 1. The average molecular weight is 360 g/mol. The van der Waals surface area contributed by atoms with Crippen LogP contribution in [0.4, 0.5) is 5.69 Å². The maximum Gasteiger partial charge on any atom is 0.265 e. The molecular weight excluding hydrogens is 330 g/mol. The van der Waals surface area contributed by atoms with E-state index in [0.29, 0.717) is 19.4 Å². The van der Waals surface area contributed by atoms with E-state index in [1.807, 2.05) is 25.1 Å². The second kappa shape index (κ2) is 9.03. The Morgan fingerprint density at radius 3 is 2.88 bits per heavy atom. The molecule has 0 radical (unpaired) electrons. The minimum Gasteiger partial charge on any atom is -0.482 e. The monoisotopic (exact) mass is 360 g/mol. The highest BCUT2D eigenvalue weighted by Gasteiger charge is 2.25. The van der Waals surface area contributed by atoms with Crippen LogP contribution in [0.25, 0.3) is 0 Å². The average Bonchev–Trinajstić information content (AvgIpc) is 2.64. The fourth-order valence-electron chi connectivity index (χ4n) is 3.72. The van der Waals surface area contributed by atoms with Crippen molar-refractivity contribution in [2.45, 2.75) is 39.0 Å². The summed E-state index contributed by atoms with van der Waals surface area (Å²) in [6.07, 6.45) is 5.05. The van der Waals surface area contributed by atoms with Crippen LogP contribution in [0.15, 0.2) is 18.2 Å². The molecule has 26 heavy (non-hydrogen) atoms. The number of quaternary nitrogens is 1. The van der Waals surface area contributed by atoms with Gasteiger partial charge in [-0.25, -0.2) is 0 Å². The van der Waals surface area contributed by atoms with Crippen LogP contribution in [-0.4, -0.2) is 51.1 Å². The van der Waals surface area contributed by atoms with Gasteiger partial charge in [-0.05, 0) is 50.3 Å². The lowest BCUT2D eigenvalue weighted by molar-refractivity contribution is -0.903. The van der Waals surface area contributed by atoms with E-state index in [2.05, 4.69) is 5.32 Å². The van der Waals surface area contributed by atoms with Crippen LogP contribution in [0.5, 0.6) is 5.75 Å². The zero-order valence-corrected chi connectivity index (χ0v) is 15.7. The zero-order valence-electron chi connectivity index (χ0n) is 15.7. The van der Waals surface area contributed by atoms with Crippen molar-refractivity contribution in [1.82, 2.24) is 5.32 Å². The number of nitrogens with zero attached hydrogens (tertiary/aromatic N) is 1. The first kappa shape index (κ1) is 18.7. The second-order valence-electron chi connectivity index (χ2n) is 7.32. The molecule has 2 N–H and O–H groups in total. The lowest BCUT2D eigenvalue weighted by atomic mass is 10.1. The molecule has 0 bridgehead atoms. The fourth-order valence-corrected chi connectivity index (χ4v) is 3.72. The van der Waals surface area contributed by atoms with Gasteiger partial charge in [-0.3, -0.25) is 9.59 Å². The Bertz CT molecular complexity index is 641. The molecule has 3 rings (SSSR count). The summed E-state index contributed by atoms with van der Waals surface area (Å²) in [7, 11) is 0. The summed E-state index contributed by atoms with van der Waals surface area (Å²) < 4.78 is 5.49. The van der Waals surface area contributed by atoms with Crippen molar-refractivity contribution in [2.75, 3.05) is 44.2 Å². The van der Waals surface area contributed by atoms with E-state index in [1.54, 1.807) is 9.80 Å². The van der Waals surface area contributed by atoms with Gasteiger partial charge in [0, 0.05) is 13.0 Å². The van der Waals surface area contributed by atoms with Gasteiger partial charge < -0.3 is 19.9 Å². The quantitative estimate of drug-likeness (QED) is 0.752. The van der Waals surface area contributed by atoms with E-state index in [9.17, 15) is 9.59 Å². The summed E-state index contributed by atoms with van der Waals surface area (Å²) >= 11 is 0. The first-order valence-electron chi connectivity index (χ1n) is 9.77. The number of piperidine rings is 1. The van der Waals surface area contributed by atoms with Gasteiger partial charge in [0.1, 0.15) is 5.75 Å². The summed E-state index contributed by atoms with van der Waals surface area (Å²) in [6.45, 7) is 6.83. The molecule has 2 aliphatic rings. The van der Waals surface area contributed by atoms with Crippen LogP contribution in [0, 0.1) is 6.92 Å². The molecule has 0 unspecified atom stereocenters. The van der Waals surface area contributed by atoms with Crippen LogP contribution < -0.4 is 19.9 Å². The number of carbonyl (C=O) groups excluding carboxylic acids is 2. The molecule has 6 nitrogen and oxygen atoms in total. The van der Waals surface area contributed by atoms with E-state index >= 15 is 0 Å². The van der Waals surface area contributed by atoms with Crippen molar-refractivity contribution in [3.05, 3.63) is 23.8 Å². The Kier molecular flexibility index (Phi) is 6.50. The Morgan fingerprint density at radius 2 is 2.08 bits per heavy atom. The lowest BCUT2D eigenvalue weighted by Gasteiger charge is -2.29. The van der Waals surface area contributed by atoms with E-state index in [1.165, 1.54) is 32.4 Å². The van der Waals surface area contributed by atoms with Gasteiger partial charge in [0.05, 0.1) is 31.9 Å².